The number of H-pyrrole nitrogens is 1. The number of ether oxygens (including phenoxy) is 1. The van der Waals surface area contributed by atoms with Gasteiger partial charge in [-0.25, -0.2) is 4.79 Å². The van der Waals surface area contributed by atoms with E-state index in [0.29, 0.717) is 20.3 Å². The predicted octanol–water partition coefficient (Wildman–Crippen LogP) is 1.45. The summed E-state index contributed by atoms with van der Waals surface area (Å²) >= 11 is 1.17. The number of aromatic nitrogens is 1. The molecule has 0 unspecified atom stereocenters. The summed E-state index contributed by atoms with van der Waals surface area (Å²) in [7, 11) is 1.31. The van der Waals surface area contributed by atoms with Gasteiger partial charge in [-0.1, -0.05) is 39.0 Å². The fourth-order valence-electron chi connectivity index (χ4n) is 1.92. The van der Waals surface area contributed by atoms with Crippen LogP contribution in [0.5, 0.6) is 0 Å². The van der Waals surface area contributed by atoms with Crippen molar-refractivity contribution in [2.45, 2.75) is 20.8 Å². The predicted molar refractivity (Wildman–Crippen MR) is 94.5 cm³/mol. The molecule has 0 aliphatic heterocycles. The van der Waals surface area contributed by atoms with E-state index in [1.165, 1.54) is 24.5 Å². The van der Waals surface area contributed by atoms with Crippen LogP contribution in [0.25, 0.3) is 12.2 Å². The van der Waals surface area contributed by atoms with Gasteiger partial charge < -0.3 is 9.72 Å². The average molecular weight is 345 g/mol. The van der Waals surface area contributed by atoms with Gasteiger partial charge in [0, 0.05) is 11.5 Å². The van der Waals surface area contributed by atoms with Crippen LogP contribution in [0.3, 0.4) is 0 Å². The number of rotatable bonds is 3. The molecule has 0 saturated heterocycles. The molecule has 24 heavy (non-hydrogen) atoms. The smallest absolute Gasteiger partial charge is 0.338 e. The zero-order valence-corrected chi connectivity index (χ0v) is 14.8. The first-order valence-electron chi connectivity index (χ1n) is 7.37. The Kier molecular flexibility index (Phi) is 5.19. The van der Waals surface area contributed by atoms with Crippen LogP contribution in [0.15, 0.2) is 29.1 Å². The van der Waals surface area contributed by atoms with Gasteiger partial charge in [0.2, 0.25) is 0 Å². The van der Waals surface area contributed by atoms with Crippen LogP contribution in [0.1, 0.15) is 36.7 Å². The minimum absolute atomic E-state index is 0.0680. The number of hydrogen-bond donors (Lipinski definition) is 1. The molecule has 5 nitrogen and oxygen atoms in total. The van der Waals surface area contributed by atoms with E-state index < -0.39 is 11.4 Å². The molecule has 2 rings (SSSR count). The quantitative estimate of drug-likeness (QED) is 0.854. The molecule has 1 N–H and O–H groups in total. The number of aromatic amines is 1. The topological polar surface area (TPSA) is 76.2 Å². The third kappa shape index (κ3) is 4.08. The van der Waals surface area contributed by atoms with Crippen LogP contribution in [0.2, 0.25) is 0 Å². The van der Waals surface area contributed by atoms with Gasteiger partial charge in [0.25, 0.3) is 5.56 Å². The van der Waals surface area contributed by atoms with Crippen molar-refractivity contribution < 1.29 is 14.3 Å². The Hall–Kier alpha value is -2.47. The standard InChI is InChI=1S/C18H19NO4S/c1-18(2,3)14(20)10-15-19-16(21)13(24-15)9-11-7-5-6-8-12(11)17(22)23-4/h5-10H,1-4H3,(H,19,21)/b13-9-,15-10-. The van der Waals surface area contributed by atoms with Gasteiger partial charge in [-0.05, 0) is 17.7 Å². The van der Waals surface area contributed by atoms with Crippen LogP contribution < -0.4 is 14.8 Å². The molecule has 0 atom stereocenters. The highest BCUT2D eigenvalue weighted by atomic mass is 32.1. The molecule has 1 aromatic heterocycles. The lowest BCUT2D eigenvalue weighted by atomic mass is 9.91. The molecular formula is C18H19NO4S. The molecule has 0 bridgehead atoms. The molecule has 126 valence electrons. The van der Waals surface area contributed by atoms with Crippen molar-refractivity contribution in [3.63, 3.8) is 0 Å². The first-order valence-corrected chi connectivity index (χ1v) is 8.18. The number of nitrogens with one attached hydrogen (secondary N) is 1. The fourth-order valence-corrected chi connectivity index (χ4v) is 2.80. The van der Waals surface area contributed by atoms with E-state index in [-0.39, 0.29) is 11.3 Å². The van der Waals surface area contributed by atoms with Crippen molar-refractivity contribution in [3.8, 4) is 0 Å². The number of carbonyl (C=O) groups is 2. The van der Waals surface area contributed by atoms with Gasteiger partial charge in [0.15, 0.2) is 5.78 Å². The Morgan fingerprint density at radius 1 is 1.21 bits per heavy atom. The van der Waals surface area contributed by atoms with Crippen molar-refractivity contribution in [3.05, 3.63) is 54.9 Å². The second-order valence-corrected chi connectivity index (χ2v) is 7.35. The van der Waals surface area contributed by atoms with Gasteiger partial charge in [-0.15, -0.1) is 11.3 Å². The maximum Gasteiger partial charge on any atom is 0.338 e. The third-order valence-corrected chi connectivity index (χ3v) is 4.30. The highest BCUT2D eigenvalue weighted by Crippen LogP contribution is 2.14. The number of carbonyl (C=O) groups excluding carboxylic acids is 2. The summed E-state index contributed by atoms with van der Waals surface area (Å²) in [6.45, 7) is 5.45. The third-order valence-electron chi connectivity index (χ3n) is 3.33. The van der Waals surface area contributed by atoms with E-state index in [9.17, 15) is 14.4 Å². The second kappa shape index (κ2) is 6.97. The molecule has 0 saturated carbocycles. The minimum atomic E-state index is -0.512. The highest BCUT2D eigenvalue weighted by Gasteiger charge is 2.18. The number of hydrogen-bond acceptors (Lipinski definition) is 5. The molecule has 0 amide bonds. The van der Waals surface area contributed by atoms with Gasteiger partial charge in [-0.2, -0.15) is 0 Å². The summed E-state index contributed by atoms with van der Waals surface area (Å²) in [5.74, 6) is -0.536. The molecule has 0 fully saturated rings. The number of methoxy groups -OCH3 is 1. The maximum absolute atomic E-state index is 12.1. The van der Waals surface area contributed by atoms with E-state index in [1.54, 1.807) is 30.3 Å². The number of esters is 1. The first kappa shape index (κ1) is 17.9. The van der Waals surface area contributed by atoms with E-state index in [1.807, 2.05) is 20.8 Å². The monoisotopic (exact) mass is 345 g/mol. The van der Waals surface area contributed by atoms with Crippen molar-refractivity contribution in [2.75, 3.05) is 7.11 Å². The fraction of sp³-hybridized carbons (Fsp3) is 0.278. The zero-order valence-electron chi connectivity index (χ0n) is 14.0. The summed E-state index contributed by atoms with van der Waals surface area (Å²) in [6, 6.07) is 6.87. The Bertz CT molecular complexity index is 944. The van der Waals surface area contributed by atoms with Crippen LogP contribution in [-0.2, 0) is 9.53 Å². The van der Waals surface area contributed by atoms with E-state index in [4.69, 9.17) is 4.74 Å². The van der Waals surface area contributed by atoms with Crippen molar-refractivity contribution in [2.24, 2.45) is 5.41 Å². The largest absolute Gasteiger partial charge is 0.465 e. The Balaban J connectivity index is 2.55. The van der Waals surface area contributed by atoms with Crippen LogP contribution in [-0.4, -0.2) is 23.8 Å². The summed E-state index contributed by atoms with van der Waals surface area (Å²) in [6.07, 6.45) is 3.06. The molecule has 2 aromatic rings. The van der Waals surface area contributed by atoms with Crippen LogP contribution in [0, 0.1) is 5.41 Å². The van der Waals surface area contributed by atoms with E-state index >= 15 is 0 Å². The van der Waals surface area contributed by atoms with Gasteiger partial charge >= 0.3 is 5.97 Å². The van der Waals surface area contributed by atoms with E-state index in [0.717, 1.165) is 0 Å². The van der Waals surface area contributed by atoms with E-state index in [2.05, 4.69) is 4.98 Å². The number of thiazole rings is 1. The molecule has 1 aromatic carbocycles. The SMILES string of the molecule is COC(=O)c1ccccc1/C=c1\s/c(=C\C(=O)C(C)(C)C)[nH]c1=O. The normalized spacial score (nSPS) is 13.2. The summed E-state index contributed by atoms with van der Waals surface area (Å²) in [5, 5.41) is 0. The summed E-state index contributed by atoms with van der Waals surface area (Å²) in [5.41, 5.74) is 0.157. The van der Waals surface area contributed by atoms with Crippen molar-refractivity contribution >= 4 is 35.2 Å². The molecule has 0 aliphatic rings. The lowest BCUT2D eigenvalue weighted by Gasteiger charge is -2.12. The Morgan fingerprint density at radius 3 is 2.50 bits per heavy atom. The Labute approximate surface area is 143 Å². The Morgan fingerprint density at radius 2 is 1.88 bits per heavy atom. The van der Waals surface area contributed by atoms with Gasteiger partial charge in [0.05, 0.1) is 21.9 Å². The molecule has 0 aliphatic carbocycles. The number of Topliss-reactive ketones (excluding diaryl/α,β-unsaturated/α-hetero) is 1. The number of ketones is 1. The van der Waals surface area contributed by atoms with Crippen molar-refractivity contribution in [1.29, 1.82) is 0 Å². The molecule has 1 heterocycles. The second-order valence-electron chi connectivity index (χ2n) is 6.27. The zero-order chi connectivity index (χ0) is 17.9. The lowest BCUT2D eigenvalue weighted by molar-refractivity contribution is -0.119. The van der Waals surface area contributed by atoms with Crippen LogP contribution in [0.4, 0.5) is 0 Å². The van der Waals surface area contributed by atoms with Gasteiger partial charge in [0.1, 0.15) is 0 Å². The highest BCUT2D eigenvalue weighted by molar-refractivity contribution is 7.07. The van der Waals surface area contributed by atoms with Gasteiger partial charge in [-0.3, -0.25) is 9.59 Å². The van der Waals surface area contributed by atoms with Crippen molar-refractivity contribution in [1.82, 2.24) is 4.98 Å². The first-order chi connectivity index (χ1) is 11.2. The lowest BCUT2D eigenvalue weighted by Crippen LogP contribution is -2.22. The maximum atomic E-state index is 12.1. The molecule has 6 heteroatoms. The summed E-state index contributed by atoms with van der Waals surface area (Å²) in [4.78, 5) is 38.6. The summed E-state index contributed by atoms with van der Waals surface area (Å²) < 4.78 is 5.65. The average Bonchev–Trinajstić information content (AvgIpc) is 2.85. The molecular weight excluding hydrogens is 326 g/mol. The molecule has 0 radical (unpaired) electrons. The minimum Gasteiger partial charge on any atom is -0.465 e. The molecule has 0 spiro atoms. The van der Waals surface area contributed by atoms with Crippen LogP contribution >= 0.6 is 11.3 Å². The number of benzene rings is 1.